The molecule has 0 aromatic carbocycles. The first kappa shape index (κ1) is 28.5. The molecule has 3 nitrogen and oxygen atoms in total. The Morgan fingerprint density at radius 2 is 1.12 bits per heavy atom. The predicted molar refractivity (Wildman–Crippen MR) is 116 cm³/mol. The van der Waals surface area contributed by atoms with Gasteiger partial charge in [0, 0.05) is 9.44 Å². The van der Waals surface area contributed by atoms with Gasteiger partial charge in [-0.25, -0.2) is 0 Å². The summed E-state index contributed by atoms with van der Waals surface area (Å²) < 4.78 is 8.70. The number of hydrogen-bond donors (Lipinski definition) is 2. The summed E-state index contributed by atoms with van der Waals surface area (Å²) in [6, 6.07) is 0. The fourth-order valence-electron chi connectivity index (χ4n) is 3.21. The molecule has 0 aliphatic carbocycles. The van der Waals surface area contributed by atoms with Crippen molar-refractivity contribution in [1.82, 2.24) is 0 Å². The van der Waals surface area contributed by atoms with Crippen molar-refractivity contribution in [3.05, 3.63) is 0 Å². The van der Waals surface area contributed by atoms with Gasteiger partial charge in [0.1, 0.15) is 0 Å². The van der Waals surface area contributed by atoms with E-state index < -0.39 is 8.25 Å². The van der Waals surface area contributed by atoms with Crippen LogP contribution in [0.25, 0.3) is 0 Å². The van der Waals surface area contributed by atoms with Crippen molar-refractivity contribution in [2.75, 3.05) is 0 Å². The molecule has 0 aromatic heterocycles. The van der Waals surface area contributed by atoms with E-state index in [1.807, 2.05) is 0 Å². The van der Waals surface area contributed by atoms with Gasteiger partial charge in [0.2, 0.25) is 0 Å². The molecular formula is C21H45ClO3P+. The first-order valence-corrected chi connectivity index (χ1v) is 12.2. The maximum absolute atomic E-state index is 8.70. The van der Waals surface area contributed by atoms with Crippen molar-refractivity contribution < 1.29 is 14.4 Å². The lowest BCUT2D eigenvalue weighted by Crippen LogP contribution is -2.21. The molecule has 0 aliphatic heterocycles. The number of halogens is 1. The molecule has 0 aromatic rings. The molecule has 0 aliphatic rings. The van der Waals surface area contributed by atoms with Crippen molar-refractivity contribution in [1.29, 1.82) is 0 Å². The van der Waals surface area contributed by atoms with E-state index in [2.05, 4.69) is 34.6 Å². The summed E-state index contributed by atoms with van der Waals surface area (Å²) in [5.41, 5.74) is 0. The third-order valence-corrected chi connectivity index (χ3v) is 5.36. The third kappa shape index (κ3) is 24.3. The van der Waals surface area contributed by atoms with Crippen molar-refractivity contribution in [2.45, 2.75) is 123 Å². The van der Waals surface area contributed by atoms with Gasteiger partial charge in [-0.15, -0.1) is 21.4 Å². The van der Waals surface area contributed by atoms with Crippen LogP contribution in [0.5, 0.6) is 0 Å². The second-order valence-electron chi connectivity index (χ2n) is 8.49. The Bertz CT molecular complexity index is 300. The Balaban J connectivity index is 0. The average Bonchev–Trinajstić information content (AvgIpc) is 2.51. The molecular weight excluding hydrogens is 367 g/mol. The summed E-state index contributed by atoms with van der Waals surface area (Å²) in [5, 5.41) is 0. The van der Waals surface area contributed by atoms with Gasteiger partial charge in [0.25, 0.3) is 0 Å². The molecule has 0 saturated carbocycles. The fraction of sp³-hybridized carbons (Fsp3) is 1.00. The average molecular weight is 412 g/mol. The van der Waals surface area contributed by atoms with E-state index in [4.69, 9.17) is 26.0 Å². The molecule has 0 radical (unpaired) electrons. The molecule has 0 amide bonds. The van der Waals surface area contributed by atoms with E-state index in [0.29, 0.717) is 0 Å². The minimum atomic E-state index is -2.87. The summed E-state index contributed by atoms with van der Waals surface area (Å²) in [5.74, 6) is 1.70. The Hall–Kier alpha value is 0.310. The van der Waals surface area contributed by atoms with Crippen LogP contribution in [0.3, 0.4) is 0 Å². The van der Waals surface area contributed by atoms with Crippen LogP contribution in [0.15, 0.2) is 0 Å². The Morgan fingerprint density at radius 3 is 1.42 bits per heavy atom. The van der Waals surface area contributed by atoms with Gasteiger partial charge in [0.15, 0.2) is 0 Å². The van der Waals surface area contributed by atoms with Crippen LogP contribution < -0.4 is 0 Å². The molecule has 26 heavy (non-hydrogen) atoms. The molecule has 0 spiro atoms. The van der Waals surface area contributed by atoms with Crippen molar-refractivity contribution >= 4 is 19.9 Å². The molecule has 0 bridgehead atoms. The monoisotopic (exact) mass is 411 g/mol. The van der Waals surface area contributed by atoms with E-state index in [1.165, 1.54) is 83.5 Å². The second kappa shape index (κ2) is 18.7. The number of hydrogen-bond acceptors (Lipinski definition) is 1. The van der Waals surface area contributed by atoms with Gasteiger partial charge in [-0.3, -0.25) is 0 Å². The highest BCUT2D eigenvalue weighted by molar-refractivity contribution is 7.30. The van der Waals surface area contributed by atoms with Gasteiger partial charge in [0.05, 0.1) is 0 Å². The maximum atomic E-state index is 8.70. The molecule has 0 rings (SSSR count). The van der Waals surface area contributed by atoms with Crippen molar-refractivity contribution in [3.8, 4) is 0 Å². The lowest BCUT2D eigenvalue weighted by molar-refractivity contribution is 0.395. The zero-order valence-electron chi connectivity index (χ0n) is 18.0. The van der Waals surface area contributed by atoms with Crippen LogP contribution in [0, 0.1) is 11.8 Å². The highest BCUT2D eigenvalue weighted by Gasteiger charge is 2.25. The van der Waals surface area contributed by atoms with Crippen molar-refractivity contribution in [2.24, 2.45) is 11.8 Å². The summed E-state index contributed by atoms with van der Waals surface area (Å²) in [4.78, 5) is 14.3. The molecule has 158 valence electrons. The zero-order chi connectivity index (χ0) is 20.4. The highest BCUT2D eigenvalue weighted by atomic mass is 35.5. The lowest BCUT2D eigenvalue weighted by Gasteiger charge is -2.27. The van der Waals surface area contributed by atoms with E-state index in [9.17, 15) is 0 Å². The molecule has 0 heterocycles. The van der Waals surface area contributed by atoms with Crippen LogP contribution in [0.2, 0.25) is 0 Å². The van der Waals surface area contributed by atoms with E-state index >= 15 is 0 Å². The van der Waals surface area contributed by atoms with E-state index in [0.717, 1.165) is 11.8 Å². The third-order valence-electron chi connectivity index (χ3n) is 4.79. The van der Waals surface area contributed by atoms with Crippen LogP contribution in [-0.2, 0) is 4.57 Å². The Kier molecular flexibility index (Phi) is 20.5. The molecule has 0 fully saturated rings. The number of unbranched alkanes of at least 4 members (excludes halogenated alkanes) is 5. The standard InChI is InChI=1S/C21H43Cl.HO3P/c1-6-7-16-21(22,17-12-8-10-14-19(2)3)18-13-9-11-15-20(4)5;1-4(2)3/h19-20H,6-18H2,1-5H3;(H-,1,2,3)/p+1. The summed E-state index contributed by atoms with van der Waals surface area (Å²) >= 11 is 7.00. The van der Waals surface area contributed by atoms with Gasteiger partial charge in [-0.05, 0) is 31.1 Å². The van der Waals surface area contributed by atoms with Crippen LogP contribution in [-0.4, -0.2) is 14.7 Å². The molecule has 0 saturated heterocycles. The minimum absolute atomic E-state index is 0.103. The molecule has 2 N–H and O–H groups in total. The van der Waals surface area contributed by atoms with Gasteiger partial charge < -0.3 is 0 Å². The fourth-order valence-corrected chi connectivity index (χ4v) is 3.61. The summed E-state index contributed by atoms with van der Waals surface area (Å²) in [6.45, 7) is 11.6. The molecule has 5 heteroatoms. The van der Waals surface area contributed by atoms with Crippen molar-refractivity contribution in [3.63, 3.8) is 0 Å². The molecule has 0 unspecified atom stereocenters. The van der Waals surface area contributed by atoms with E-state index in [1.54, 1.807) is 0 Å². The Labute approximate surface area is 169 Å². The lowest BCUT2D eigenvalue weighted by atomic mass is 9.88. The van der Waals surface area contributed by atoms with Gasteiger partial charge in [-0.1, -0.05) is 98.8 Å². The predicted octanol–water partition coefficient (Wildman–Crippen LogP) is 8.00. The van der Waals surface area contributed by atoms with E-state index in [-0.39, 0.29) is 4.87 Å². The topological polar surface area (TPSA) is 57.5 Å². The first-order chi connectivity index (χ1) is 12.1. The summed E-state index contributed by atoms with van der Waals surface area (Å²) in [7, 11) is -2.87. The van der Waals surface area contributed by atoms with Crippen LogP contribution in [0.1, 0.15) is 118 Å². The first-order valence-electron chi connectivity index (χ1n) is 10.7. The normalized spacial score (nSPS) is 11.6. The molecule has 0 atom stereocenters. The second-order valence-corrected chi connectivity index (χ2v) is 9.80. The minimum Gasteiger partial charge on any atom is -0.134 e. The number of rotatable bonds is 15. The van der Waals surface area contributed by atoms with Gasteiger partial charge >= 0.3 is 8.25 Å². The SMILES string of the molecule is CCCCC(Cl)(CCCCCC(C)C)CCCCCC(C)C.O=[P+](O)O. The van der Waals surface area contributed by atoms with Crippen LogP contribution in [0.4, 0.5) is 0 Å². The van der Waals surface area contributed by atoms with Crippen LogP contribution >= 0.6 is 19.9 Å². The quantitative estimate of drug-likeness (QED) is 0.163. The summed E-state index contributed by atoms with van der Waals surface area (Å²) in [6.07, 6.45) is 17.2. The zero-order valence-corrected chi connectivity index (χ0v) is 19.6. The number of alkyl halides is 1. The van der Waals surface area contributed by atoms with Gasteiger partial charge in [-0.2, -0.15) is 0 Å². The highest BCUT2D eigenvalue weighted by Crippen LogP contribution is 2.35. The smallest absolute Gasteiger partial charge is 0.134 e. The largest absolute Gasteiger partial charge is 0.692 e. The maximum Gasteiger partial charge on any atom is 0.692 e. The Morgan fingerprint density at radius 1 is 0.769 bits per heavy atom.